The predicted octanol–water partition coefficient (Wildman–Crippen LogP) is 2.60. The molecule has 1 aromatic heterocycles. The summed E-state index contributed by atoms with van der Waals surface area (Å²) in [6, 6.07) is 0. The summed E-state index contributed by atoms with van der Waals surface area (Å²) in [5, 5.41) is 8.37. The molecule has 0 aliphatic carbocycles. The number of rotatable bonds is 3. The molecule has 3 heteroatoms. The summed E-state index contributed by atoms with van der Waals surface area (Å²) in [6.45, 7) is 11.2. The van der Waals surface area contributed by atoms with E-state index in [0.717, 1.165) is 12.8 Å². The van der Waals surface area contributed by atoms with Crippen LogP contribution in [-0.4, -0.2) is 15.0 Å². The summed E-state index contributed by atoms with van der Waals surface area (Å²) in [6.07, 6.45) is 2.07. The first-order chi connectivity index (χ1) is 6.79. The standard InChI is InChI=1S/C12H23N3/c1-9(2)7-10-11(8-12(3,4)5)15(6)14-13-10/h9H,7-8H2,1-6H3. The second kappa shape index (κ2) is 4.33. The lowest BCUT2D eigenvalue weighted by atomic mass is 9.89. The van der Waals surface area contributed by atoms with Crippen LogP contribution >= 0.6 is 0 Å². The van der Waals surface area contributed by atoms with Crippen molar-refractivity contribution in [3.8, 4) is 0 Å². The summed E-state index contributed by atoms with van der Waals surface area (Å²) < 4.78 is 1.92. The maximum absolute atomic E-state index is 4.25. The maximum Gasteiger partial charge on any atom is 0.0861 e. The number of aryl methyl sites for hydroxylation is 1. The van der Waals surface area contributed by atoms with Crippen LogP contribution in [0, 0.1) is 11.3 Å². The highest BCUT2D eigenvalue weighted by Gasteiger charge is 2.19. The van der Waals surface area contributed by atoms with E-state index in [9.17, 15) is 0 Å². The zero-order valence-corrected chi connectivity index (χ0v) is 10.8. The third-order valence-electron chi connectivity index (χ3n) is 2.32. The second-order valence-electron chi connectivity index (χ2n) is 5.94. The van der Waals surface area contributed by atoms with Crippen molar-refractivity contribution in [3.05, 3.63) is 11.4 Å². The molecule has 1 aromatic rings. The SMILES string of the molecule is CC(C)Cc1nnn(C)c1CC(C)(C)C. The number of aromatic nitrogens is 3. The van der Waals surface area contributed by atoms with Gasteiger partial charge >= 0.3 is 0 Å². The van der Waals surface area contributed by atoms with Gasteiger partial charge in [0.15, 0.2) is 0 Å². The molecule has 0 aromatic carbocycles. The van der Waals surface area contributed by atoms with Gasteiger partial charge in [0.05, 0.1) is 11.4 Å². The number of hydrogen-bond donors (Lipinski definition) is 0. The molecule has 0 saturated carbocycles. The van der Waals surface area contributed by atoms with E-state index in [4.69, 9.17) is 0 Å². The Morgan fingerprint density at radius 1 is 1.27 bits per heavy atom. The van der Waals surface area contributed by atoms with Crippen molar-refractivity contribution in [2.24, 2.45) is 18.4 Å². The highest BCUT2D eigenvalue weighted by atomic mass is 15.4. The molecule has 3 nitrogen and oxygen atoms in total. The van der Waals surface area contributed by atoms with Gasteiger partial charge < -0.3 is 0 Å². The van der Waals surface area contributed by atoms with Gasteiger partial charge in [-0.2, -0.15) is 0 Å². The van der Waals surface area contributed by atoms with E-state index in [1.807, 2.05) is 11.7 Å². The van der Waals surface area contributed by atoms with E-state index in [2.05, 4.69) is 44.9 Å². The topological polar surface area (TPSA) is 30.7 Å². The van der Waals surface area contributed by atoms with Crippen molar-refractivity contribution in [2.75, 3.05) is 0 Å². The minimum Gasteiger partial charge on any atom is -0.252 e. The molecule has 0 fully saturated rings. The Hall–Kier alpha value is -0.860. The predicted molar refractivity (Wildman–Crippen MR) is 62.7 cm³/mol. The highest BCUT2D eigenvalue weighted by Crippen LogP contribution is 2.22. The summed E-state index contributed by atoms with van der Waals surface area (Å²) in [5.41, 5.74) is 2.75. The first-order valence-electron chi connectivity index (χ1n) is 5.67. The minimum absolute atomic E-state index is 0.293. The number of nitrogens with zero attached hydrogens (tertiary/aromatic N) is 3. The molecule has 0 N–H and O–H groups in total. The lowest BCUT2D eigenvalue weighted by molar-refractivity contribution is 0.395. The van der Waals surface area contributed by atoms with Crippen molar-refractivity contribution >= 4 is 0 Å². The van der Waals surface area contributed by atoms with Crippen LogP contribution in [0.5, 0.6) is 0 Å². The zero-order valence-electron chi connectivity index (χ0n) is 10.8. The van der Waals surface area contributed by atoms with E-state index in [-0.39, 0.29) is 0 Å². The minimum atomic E-state index is 0.293. The number of hydrogen-bond acceptors (Lipinski definition) is 2. The average Bonchev–Trinajstić information content (AvgIpc) is 2.32. The van der Waals surface area contributed by atoms with Crippen LogP contribution in [0.2, 0.25) is 0 Å². The molecule has 0 unspecified atom stereocenters. The quantitative estimate of drug-likeness (QED) is 0.766. The van der Waals surface area contributed by atoms with E-state index < -0.39 is 0 Å². The zero-order chi connectivity index (χ0) is 11.6. The molecule has 0 amide bonds. The van der Waals surface area contributed by atoms with Crippen LogP contribution in [0.1, 0.15) is 46.0 Å². The molecule has 1 rings (SSSR count). The summed E-state index contributed by atoms with van der Waals surface area (Å²) in [7, 11) is 1.98. The van der Waals surface area contributed by atoms with Gasteiger partial charge in [-0.05, 0) is 24.2 Å². The Morgan fingerprint density at radius 2 is 1.87 bits per heavy atom. The molecule has 15 heavy (non-hydrogen) atoms. The van der Waals surface area contributed by atoms with Crippen LogP contribution < -0.4 is 0 Å². The van der Waals surface area contributed by atoms with Gasteiger partial charge in [-0.15, -0.1) is 5.10 Å². The monoisotopic (exact) mass is 209 g/mol. The molecule has 0 saturated heterocycles. The van der Waals surface area contributed by atoms with Gasteiger partial charge in [-0.25, -0.2) is 0 Å². The Balaban J connectivity index is 2.89. The van der Waals surface area contributed by atoms with Gasteiger partial charge in [0, 0.05) is 7.05 Å². The fraction of sp³-hybridized carbons (Fsp3) is 0.833. The molecule has 0 aliphatic rings. The van der Waals surface area contributed by atoms with Gasteiger partial charge in [-0.1, -0.05) is 39.8 Å². The lowest BCUT2D eigenvalue weighted by Gasteiger charge is -2.18. The Kier molecular flexibility index (Phi) is 3.53. The lowest BCUT2D eigenvalue weighted by Crippen LogP contribution is -2.14. The second-order valence-corrected chi connectivity index (χ2v) is 5.94. The third-order valence-corrected chi connectivity index (χ3v) is 2.32. The molecule has 0 radical (unpaired) electrons. The van der Waals surface area contributed by atoms with Crippen molar-refractivity contribution < 1.29 is 0 Å². The summed E-state index contributed by atoms with van der Waals surface area (Å²) >= 11 is 0. The Morgan fingerprint density at radius 3 is 2.33 bits per heavy atom. The molecule has 0 atom stereocenters. The molecular formula is C12H23N3. The normalized spacial score (nSPS) is 12.5. The largest absolute Gasteiger partial charge is 0.252 e. The average molecular weight is 209 g/mol. The molecule has 0 bridgehead atoms. The van der Waals surface area contributed by atoms with E-state index >= 15 is 0 Å². The van der Waals surface area contributed by atoms with Crippen LogP contribution in [0.4, 0.5) is 0 Å². The van der Waals surface area contributed by atoms with Crippen LogP contribution in [0.15, 0.2) is 0 Å². The highest BCUT2D eigenvalue weighted by molar-refractivity contribution is 5.12. The van der Waals surface area contributed by atoms with Gasteiger partial charge in [0.25, 0.3) is 0 Å². The first-order valence-corrected chi connectivity index (χ1v) is 5.67. The van der Waals surface area contributed by atoms with Gasteiger partial charge in [-0.3, -0.25) is 4.68 Å². The van der Waals surface area contributed by atoms with Crippen LogP contribution in [0.25, 0.3) is 0 Å². The van der Waals surface area contributed by atoms with Crippen molar-refractivity contribution in [2.45, 2.75) is 47.5 Å². The van der Waals surface area contributed by atoms with E-state index in [1.54, 1.807) is 0 Å². The van der Waals surface area contributed by atoms with Gasteiger partial charge in [0.2, 0.25) is 0 Å². The molecule has 0 spiro atoms. The smallest absolute Gasteiger partial charge is 0.0861 e. The summed E-state index contributed by atoms with van der Waals surface area (Å²) in [4.78, 5) is 0. The fourth-order valence-electron chi connectivity index (χ4n) is 1.68. The fourth-order valence-corrected chi connectivity index (χ4v) is 1.68. The first kappa shape index (κ1) is 12.2. The molecule has 1 heterocycles. The van der Waals surface area contributed by atoms with Crippen molar-refractivity contribution in [1.29, 1.82) is 0 Å². The van der Waals surface area contributed by atoms with Crippen LogP contribution in [-0.2, 0) is 19.9 Å². The van der Waals surface area contributed by atoms with E-state index in [1.165, 1.54) is 11.4 Å². The van der Waals surface area contributed by atoms with Crippen LogP contribution in [0.3, 0.4) is 0 Å². The van der Waals surface area contributed by atoms with E-state index in [0.29, 0.717) is 11.3 Å². The Labute approximate surface area is 92.9 Å². The third kappa shape index (κ3) is 3.65. The van der Waals surface area contributed by atoms with Gasteiger partial charge in [0.1, 0.15) is 0 Å². The summed E-state index contributed by atoms with van der Waals surface area (Å²) in [5.74, 6) is 0.639. The Bertz CT molecular complexity index is 318. The molecule has 86 valence electrons. The maximum atomic E-state index is 4.25. The van der Waals surface area contributed by atoms with Crippen molar-refractivity contribution in [1.82, 2.24) is 15.0 Å². The molecule has 0 aliphatic heterocycles. The van der Waals surface area contributed by atoms with Crippen molar-refractivity contribution in [3.63, 3.8) is 0 Å². The molecular weight excluding hydrogens is 186 g/mol.